The molecule has 0 amide bonds. The van der Waals surface area contributed by atoms with Gasteiger partial charge >= 0.3 is 19.5 Å². The maximum atomic E-state index is 13.3. The maximum Gasteiger partial charge on any atom is 0.673 e. The van der Waals surface area contributed by atoms with Crippen LogP contribution in [0.25, 0.3) is 0 Å². The van der Waals surface area contributed by atoms with Gasteiger partial charge in [0.25, 0.3) is 0 Å². The van der Waals surface area contributed by atoms with E-state index in [1.165, 1.54) is 12.1 Å². The molecule has 0 unspecified atom stereocenters. The topological polar surface area (TPSA) is 18.5 Å². The highest BCUT2D eigenvalue weighted by Crippen LogP contribution is 2.58. The Labute approximate surface area is 181 Å². The van der Waals surface area contributed by atoms with Gasteiger partial charge in [-0.25, -0.2) is 8.78 Å². The van der Waals surface area contributed by atoms with Gasteiger partial charge in [-0.15, -0.1) is 0 Å². The summed E-state index contributed by atoms with van der Waals surface area (Å²) >= 11 is 0. The van der Waals surface area contributed by atoms with Crippen LogP contribution in [0.3, 0.4) is 0 Å². The number of hydrogen-bond acceptors (Lipinski definition) is 2. The summed E-state index contributed by atoms with van der Waals surface area (Å²) in [7, 11) is -7.56. The highest BCUT2D eigenvalue weighted by atomic mass is 31.1. The van der Waals surface area contributed by atoms with E-state index in [1.54, 1.807) is 0 Å². The maximum absolute atomic E-state index is 13.3. The monoisotopic (exact) mass is 506 g/mol. The van der Waals surface area contributed by atoms with E-state index in [9.17, 15) is 43.6 Å². The summed E-state index contributed by atoms with van der Waals surface area (Å²) in [5.74, 6) is -1.04. The van der Waals surface area contributed by atoms with Crippen molar-refractivity contribution >= 4 is 20.5 Å². The molecule has 0 atom stereocenters. The highest BCUT2D eigenvalue weighted by molar-refractivity contribution is 7.68. The van der Waals surface area contributed by atoms with E-state index >= 15 is 0 Å². The first-order chi connectivity index (χ1) is 14.0. The summed E-state index contributed by atoms with van der Waals surface area (Å²) in [5.41, 5.74) is 0. The van der Waals surface area contributed by atoms with Crippen LogP contribution in [0.4, 0.5) is 43.6 Å². The van der Waals surface area contributed by atoms with Gasteiger partial charge in [0.1, 0.15) is 11.5 Å². The SMILES string of the molecule is CC(C)(C)[PH+](c1cc(OC(F)(F)CF)cc(OC(F)(F)CF)c1)C(C)(C)C.F[B-](F)(F)F. The number of hydrogen-bond donors (Lipinski definition) is 0. The van der Waals surface area contributed by atoms with Crippen molar-refractivity contribution in [2.24, 2.45) is 0 Å². The average molecular weight is 506 g/mol. The van der Waals surface area contributed by atoms with E-state index < -0.39 is 52.2 Å². The molecule has 2 nitrogen and oxygen atoms in total. The highest BCUT2D eigenvalue weighted by Gasteiger charge is 2.45. The van der Waals surface area contributed by atoms with Gasteiger partial charge in [-0.05, 0) is 41.5 Å². The summed E-state index contributed by atoms with van der Waals surface area (Å²) in [6.07, 6.45) is -8.23. The normalized spacial score (nSPS) is 13.5. The molecule has 1 aromatic carbocycles. The van der Waals surface area contributed by atoms with Crippen molar-refractivity contribution in [2.45, 2.75) is 64.1 Å². The fourth-order valence-corrected chi connectivity index (χ4v) is 7.78. The van der Waals surface area contributed by atoms with Crippen LogP contribution < -0.4 is 14.8 Å². The van der Waals surface area contributed by atoms with E-state index in [-0.39, 0.29) is 10.3 Å². The zero-order valence-corrected chi connectivity index (χ0v) is 19.3. The second kappa shape index (κ2) is 10.7. The summed E-state index contributed by atoms with van der Waals surface area (Å²) < 4.78 is 126. The smallest absolute Gasteiger partial charge is 0.430 e. The lowest BCUT2D eigenvalue weighted by atomic mass is 10.2. The molecule has 14 heteroatoms. The molecule has 0 fully saturated rings. The summed E-state index contributed by atoms with van der Waals surface area (Å²) in [5, 5.41) is -0.0922. The fourth-order valence-electron chi connectivity index (χ4n) is 3.22. The van der Waals surface area contributed by atoms with Gasteiger partial charge < -0.3 is 26.7 Å². The van der Waals surface area contributed by atoms with E-state index in [4.69, 9.17) is 0 Å². The van der Waals surface area contributed by atoms with Crippen LogP contribution in [-0.4, -0.2) is 43.1 Å². The molecule has 1 rings (SSSR count). The molecule has 0 spiro atoms. The summed E-state index contributed by atoms with van der Waals surface area (Å²) in [6.45, 7) is 7.55. The molecule has 0 heterocycles. The Hall–Kier alpha value is -1.39. The number of alkyl halides is 6. The minimum absolute atomic E-state index is 0.288. The van der Waals surface area contributed by atoms with Gasteiger partial charge in [0, 0.05) is 26.1 Å². The van der Waals surface area contributed by atoms with E-state index in [0.717, 1.165) is 6.07 Å². The third kappa shape index (κ3) is 12.0. The molecule has 0 bridgehead atoms. The second-order valence-corrected chi connectivity index (χ2v) is 13.1. The van der Waals surface area contributed by atoms with Crippen LogP contribution in [0.2, 0.25) is 0 Å². The van der Waals surface area contributed by atoms with E-state index in [1.807, 2.05) is 41.5 Å². The van der Waals surface area contributed by atoms with Crippen molar-refractivity contribution in [2.75, 3.05) is 13.3 Å². The van der Waals surface area contributed by atoms with Crippen molar-refractivity contribution in [3.63, 3.8) is 0 Å². The van der Waals surface area contributed by atoms with Gasteiger partial charge in [0.05, 0.1) is 15.6 Å². The van der Waals surface area contributed by atoms with Crippen molar-refractivity contribution in [3.05, 3.63) is 18.2 Å². The van der Waals surface area contributed by atoms with Crippen LogP contribution in [-0.2, 0) is 0 Å². The Kier molecular flexibility index (Phi) is 10.2. The lowest BCUT2D eigenvalue weighted by Crippen LogP contribution is -2.32. The van der Waals surface area contributed by atoms with Gasteiger partial charge in [0.15, 0.2) is 13.3 Å². The van der Waals surface area contributed by atoms with Crippen LogP contribution in [0, 0.1) is 0 Å². The third-order valence-corrected chi connectivity index (χ3v) is 7.38. The molecule has 0 saturated heterocycles. The van der Waals surface area contributed by atoms with Gasteiger partial charge in [-0.1, -0.05) is 0 Å². The molecule has 188 valence electrons. The minimum Gasteiger partial charge on any atom is -0.430 e. The number of rotatable bonds is 7. The number of ether oxygens (including phenoxy) is 2. The first kappa shape index (κ1) is 30.6. The molecule has 0 aromatic heterocycles. The lowest BCUT2D eigenvalue weighted by Gasteiger charge is -2.34. The first-order valence-electron chi connectivity index (χ1n) is 9.17. The van der Waals surface area contributed by atoms with E-state index in [0.29, 0.717) is 5.30 Å². The molecule has 0 aliphatic carbocycles. The number of halogens is 10. The van der Waals surface area contributed by atoms with Gasteiger partial charge in [-0.3, -0.25) is 0 Å². The molecule has 0 aliphatic heterocycles. The fraction of sp³-hybridized carbons (Fsp3) is 0.667. The quantitative estimate of drug-likeness (QED) is 0.220. The predicted molar refractivity (Wildman–Crippen MR) is 107 cm³/mol. The summed E-state index contributed by atoms with van der Waals surface area (Å²) in [4.78, 5) is 0. The second-order valence-electron chi connectivity index (χ2n) is 8.81. The predicted octanol–water partition coefficient (Wildman–Crippen LogP) is 7.31. The van der Waals surface area contributed by atoms with Crippen LogP contribution >= 0.6 is 7.92 Å². The Morgan fingerprint density at radius 3 is 1.19 bits per heavy atom. The first-order valence-corrected chi connectivity index (χ1v) is 10.7. The molecule has 32 heavy (non-hydrogen) atoms. The Bertz CT molecular complexity index is 674. The number of benzene rings is 1. The van der Waals surface area contributed by atoms with E-state index in [2.05, 4.69) is 9.47 Å². The molecule has 0 N–H and O–H groups in total. The lowest BCUT2D eigenvalue weighted by molar-refractivity contribution is -0.189. The third-order valence-electron chi connectivity index (χ3n) is 3.51. The zero-order valence-electron chi connectivity index (χ0n) is 18.3. The molecular weight excluding hydrogens is 480 g/mol. The molecule has 0 saturated carbocycles. The Balaban J connectivity index is 0.00000172. The van der Waals surface area contributed by atoms with Crippen molar-refractivity contribution < 1.29 is 53.1 Å². The molecule has 0 aliphatic rings. The average Bonchev–Trinajstić information content (AvgIpc) is 2.49. The zero-order chi connectivity index (χ0) is 25.8. The molecule has 0 radical (unpaired) electrons. The van der Waals surface area contributed by atoms with Crippen molar-refractivity contribution in [1.29, 1.82) is 0 Å². The van der Waals surface area contributed by atoms with Crippen LogP contribution in [0.1, 0.15) is 41.5 Å². The van der Waals surface area contributed by atoms with Crippen molar-refractivity contribution in [1.82, 2.24) is 0 Å². The van der Waals surface area contributed by atoms with Gasteiger partial charge in [0.2, 0.25) is 0 Å². The van der Waals surface area contributed by atoms with Crippen LogP contribution in [0.15, 0.2) is 18.2 Å². The standard InChI is InChI=1S/C18H25F6O2P.BF4/c1-15(2,3)27(16(4,5)6)14-8-12(25-17(21,22)10-19)7-13(9-14)26-18(23,24)11-20;2-1(3,4)5/h7-9H,10-11H2,1-6H3;/q;-1/p+1. The Morgan fingerprint density at radius 2 is 0.969 bits per heavy atom. The van der Waals surface area contributed by atoms with Crippen molar-refractivity contribution in [3.8, 4) is 11.5 Å². The largest absolute Gasteiger partial charge is 0.673 e. The Morgan fingerprint density at radius 1 is 0.688 bits per heavy atom. The van der Waals surface area contributed by atoms with Gasteiger partial charge in [-0.2, -0.15) is 17.6 Å². The molecule has 1 aromatic rings. The molecular formula is C18H26BF10O2P. The van der Waals surface area contributed by atoms with Crippen LogP contribution in [0.5, 0.6) is 11.5 Å². The minimum atomic E-state index is -6.00. The summed E-state index contributed by atoms with van der Waals surface area (Å²) in [6, 6.07) is 3.35.